The highest BCUT2D eigenvalue weighted by atomic mass is 32.2. The predicted molar refractivity (Wildman–Crippen MR) is 121 cm³/mol. The molecular weight excluding hydrogens is 386 g/mol. The number of carbonyl (C=O) groups excluding carboxylic acids is 1. The van der Waals surface area contributed by atoms with E-state index >= 15 is 0 Å². The third kappa shape index (κ3) is 4.74. The number of rotatable bonds is 8. The van der Waals surface area contributed by atoms with Crippen molar-refractivity contribution in [1.82, 2.24) is 4.98 Å². The van der Waals surface area contributed by atoms with Gasteiger partial charge in [-0.2, -0.15) is 0 Å². The van der Waals surface area contributed by atoms with E-state index in [1.165, 1.54) is 10.5 Å². The van der Waals surface area contributed by atoms with Crippen molar-refractivity contribution in [3.05, 3.63) is 53.6 Å². The smallest absolute Gasteiger partial charge is 0.260 e. The van der Waals surface area contributed by atoms with Gasteiger partial charge in [-0.05, 0) is 69.0 Å². The first-order chi connectivity index (χ1) is 13.5. The summed E-state index contributed by atoms with van der Waals surface area (Å²) in [6.07, 6.45) is 2.04. The van der Waals surface area contributed by atoms with Crippen molar-refractivity contribution in [3.8, 4) is 0 Å². The lowest BCUT2D eigenvalue weighted by Crippen LogP contribution is -3.12. The van der Waals surface area contributed by atoms with E-state index < -0.39 is 0 Å². The van der Waals surface area contributed by atoms with Crippen LogP contribution in [0.1, 0.15) is 29.8 Å². The lowest BCUT2D eigenvalue weighted by atomic mass is 10.2. The monoisotopic (exact) mass is 414 g/mol. The molecule has 0 saturated carbocycles. The van der Waals surface area contributed by atoms with Gasteiger partial charge in [-0.1, -0.05) is 17.4 Å². The van der Waals surface area contributed by atoms with Crippen LogP contribution in [-0.2, 0) is 0 Å². The zero-order chi connectivity index (χ0) is 20.1. The molecule has 0 atom stereocenters. The number of nitrogens with one attached hydrogen (secondary N) is 1. The lowest BCUT2D eigenvalue weighted by Gasteiger charge is -2.23. The average molecular weight is 415 g/mol. The molecule has 2 aromatic carbocycles. The second-order valence-electron chi connectivity index (χ2n) is 6.86. The molecule has 3 rings (SSSR count). The van der Waals surface area contributed by atoms with E-state index in [1.54, 1.807) is 23.1 Å². The minimum atomic E-state index is 0.0231. The molecule has 0 saturated heterocycles. The van der Waals surface area contributed by atoms with Crippen LogP contribution < -0.4 is 9.80 Å². The molecule has 1 aromatic heterocycles. The third-order valence-electron chi connectivity index (χ3n) is 5.03. The molecule has 0 spiro atoms. The van der Waals surface area contributed by atoms with Crippen LogP contribution in [0.2, 0.25) is 0 Å². The van der Waals surface area contributed by atoms with Crippen molar-refractivity contribution in [3.63, 3.8) is 0 Å². The number of hydrogen-bond donors (Lipinski definition) is 1. The molecule has 0 aliphatic heterocycles. The number of aromatic nitrogens is 1. The molecule has 0 aliphatic carbocycles. The van der Waals surface area contributed by atoms with Gasteiger partial charge in [-0.15, -0.1) is 11.8 Å². The maximum atomic E-state index is 13.4. The van der Waals surface area contributed by atoms with Gasteiger partial charge >= 0.3 is 0 Å². The molecular formula is C22H28N3OS2+. The molecule has 28 heavy (non-hydrogen) atoms. The summed E-state index contributed by atoms with van der Waals surface area (Å²) in [5.41, 5.74) is 2.87. The molecule has 0 bridgehead atoms. The Bertz CT molecular complexity index is 933. The van der Waals surface area contributed by atoms with E-state index in [0.717, 1.165) is 39.9 Å². The SMILES string of the molecule is CC[NH+](CC)CCN(C(=O)c1ccc(SC)cc1)c1nc2ccc(C)cc2s1. The summed E-state index contributed by atoms with van der Waals surface area (Å²) in [6, 6.07) is 14.1. The van der Waals surface area contributed by atoms with Gasteiger partial charge in [0.2, 0.25) is 0 Å². The fourth-order valence-electron chi connectivity index (χ4n) is 3.18. The zero-order valence-corrected chi connectivity index (χ0v) is 18.6. The largest absolute Gasteiger partial charge is 0.334 e. The molecule has 0 fully saturated rings. The molecule has 0 unspecified atom stereocenters. The van der Waals surface area contributed by atoms with Crippen LogP contribution >= 0.6 is 23.1 Å². The molecule has 3 aromatic rings. The molecule has 0 radical (unpaired) electrons. The summed E-state index contributed by atoms with van der Waals surface area (Å²) in [4.78, 5) is 22.6. The van der Waals surface area contributed by atoms with Gasteiger partial charge in [0, 0.05) is 10.5 Å². The predicted octanol–water partition coefficient (Wildman–Crippen LogP) is 3.90. The van der Waals surface area contributed by atoms with Crippen LogP contribution in [0.15, 0.2) is 47.4 Å². The molecule has 1 heterocycles. The number of amides is 1. The second kappa shape index (κ2) is 9.54. The number of anilines is 1. The Hall–Kier alpha value is -1.89. The van der Waals surface area contributed by atoms with E-state index in [1.807, 2.05) is 41.5 Å². The number of thiazole rings is 1. The Kier molecular flexibility index (Phi) is 7.10. The molecule has 1 N–H and O–H groups in total. The number of quaternary nitrogens is 1. The maximum Gasteiger partial charge on any atom is 0.260 e. The Morgan fingerprint density at radius 1 is 1.14 bits per heavy atom. The Morgan fingerprint density at radius 2 is 1.86 bits per heavy atom. The van der Waals surface area contributed by atoms with E-state index in [0.29, 0.717) is 12.1 Å². The lowest BCUT2D eigenvalue weighted by molar-refractivity contribution is -0.894. The van der Waals surface area contributed by atoms with Crippen molar-refractivity contribution in [2.24, 2.45) is 0 Å². The number of nitrogens with zero attached hydrogens (tertiary/aromatic N) is 2. The van der Waals surface area contributed by atoms with Crippen LogP contribution in [-0.4, -0.2) is 43.3 Å². The Morgan fingerprint density at radius 3 is 2.50 bits per heavy atom. The van der Waals surface area contributed by atoms with Crippen LogP contribution in [0.4, 0.5) is 5.13 Å². The van der Waals surface area contributed by atoms with Gasteiger partial charge in [-0.3, -0.25) is 9.69 Å². The van der Waals surface area contributed by atoms with Gasteiger partial charge in [0.15, 0.2) is 5.13 Å². The summed E-state index contributed by atoms with van der Waals surface area (Å²) >= 11 is 3.28. The summed E-state index contributed by atoms with van der Waals surface area (Å²) in [6.45, 7) is 10.1. The van der Waals surface area contributed by atoms with Crippen LogP contribution in [0.25, 0.3) is 10.2 Å². The van der Waals surface area contributed by atoms with E-state index in [-0.39, 0.29) is 5.91 Å². The number of carbonyl (C=O) groups is 1. The van der Waals surface area contributed by atoms with Gasteiger partial charge < -0.3 is 4.90 Å². The van der Waals surface area contributed by atoms with Gasteiger partial charge in [0.05, 0.1) is 36.4 Å². The first kappa shape index (κ1) is 20.8. The van der Waals surface area contributed by atoms with Crippen molar-refractivity contribution in [1.29, 1.82) is 0 Å². The van der Waals surface area contributed by atoms with Crippen molar-refractivity contribution < 1.29 is 9.69 Å². The molecule has 4 nitrogen and oxygen atoms in total. The second-order valence-corrected chi connectivity index (χ2v) is 8.75. The normalized spacial score (nSPS) is 11.3. The first-order valence-corrected chi connectivity index (χ1v) is 11.8. The van der Waals surface area contributed by atoms with E-state index in [2.05, 4.69) is 32.9 Å². The van der Waals surface area contributed by atoms with Crippen molar-refractivity contribution >= 4 is 44.4 Å². The quantitative estimate of drug-likeness (QED) is 0.568. The summed E-state index contributed by atoms with van der Waals surface area (Å²) in [5.74, 6) is 0.0231. The number of fused-ring (bicyclic) bond motifs is 1. The topological polar surface area (TPSA) is 37.6 Å². The highest BCUT2D eigenvalue weighted by molar-refractivity contribution is 7.98. The highest BCUT2D eigenvalue weighted by Gasteiger charge is 2.22. The van der Waals surface area contributed by atoms with E-state index in [9.17, 15) is 4.79 Å². The zero-order valence-electron chi connectivity index (χ0n) is 17.0. The Labute approximate surface area is 175 Å². The number of hydrogen-bond acceptors (Lipinski definition) is 4. The molecule has 0 aliphatic rings. The minimum absolute atomic E-state index is 0.0231. The number of benzene rings is 2. The maximum absolute atomic E-state index is 13.4. The number of thioether (sulfide) groups is 1. The van der Waals surface area contributed by atoms with Crippen molar-refractivity contribution in [2.75, 3.05) is 37.3 Å². The van der Waals surface area contributed by atoms with Crippen LogP contribution in [0, 0.1) is 6.92 Å². The molecule has 6 heteroatoms. The van der Waals surface area contributed by atoms with Crippen LogP contribution in [0.3, 0.4) is 0 Å². The first-order valence-electron chi connectivity index (χ1n) is 9.72. The fourth-order valence-corrected chi connectivity index (χ4v) is 4.68. The average Bonchev–Trinajstić information content (AvgIpc) is 3.13. The van der Waals surface area contributed by atoms with E-state index in [4.69, 9.17) is 4.98 Å². The molecule has 148 valence electrons. The van der Waals surface area contributed by atoms with Crippen molar-refractivity contribution in [2.45, 2.75) is 25.7 Å². The highest BCUT2D eigenvalue weighted by Crippen LogP contribution is 2.30. The van der Waals surface area contributed by atoms with Crippen LogP contribution in [0.5, 0.6) is 0 Å². The van der Waals surface area contributed by atoms with Gasteiger partial charge in [0.1, 0.15) is 0 Å². The Balaban J connectivity index is 1.93. The summed E-state index contributed by atoms with van der Waals surface area (Å²) < 4.78 is 1.13. The van der Waals surface area contributed by atoms with Gasteiger partial charge in [0.25, 0.3) is 5.91 Å². The van der Waals surface area contributed by atoms with Gasteiger partial charge in [-0.25, -0.2) is 4.98 Å². The standard InChI is InChI=1S/C22H27N3OS2/c1-5-24(6-2)13-14-25(21(26)17-8-10-18(27-4)11-9-17)22-23-19-12-7-16(3)15-20(19)28-22/h7-12,15H,5-6,13-14H2,1-4H3/p+1. The summed E-state index contributed by atoms with van der Waals surface area (Å²) in [5, 5.41) is 0.783. The fraction of sp³-hybridized carbons (Fsp3) is 0.364. The molecule has 1 amide bonds. The number of aryl methyl sites for hydroxylation is 1. The summed E-state index contributed by atoms with van der Waals surface area (Å²) in [7, 11) is 0. The number of likely N-dealkylation sites (N-methyl/N-ethyl adjacent to an activating group) is 1. The third-order valence-corrected chi connectivity index (χ3v) is 6.82. The minimum Gasteiger partial charge on any atom is -0.334 e.